The topological polar surface area (TPSA) is 269 Å². The van der Waals surface area contributed by atoms with Crippen LogP contribution in [0, 0.1) is 0 Å². The lowest BCUT2D eigenvalue weighted by atomic mass is 9.95. The molecular weight excluding hydrogens is 937 g/mol. The molecule has 2 aromatic carbocycles. The van der Waals surface area contributed by atoms with Gasteiger partial charge in [0.25, 0.3) is 0 Å². The number of carbonyl (C=O) groups is 7. The molecule has 0 amide bonds. The first kappa shape index (κ1) is 54.7. The molecule has 380 valence electrons. The normalized spacial score (nSPS) is 31.0. The van der Waals surface area contributed by atoms with Crippen molar-refractivity contribution in [3.05, 3.63) is 71.8 Å². The van der Waals surface area contributed by atoms with E-state index in [1.165, 1.54) is 0 Å². The van der Waals surface area contributed by atoms with Gasteiger partial charge < -0.3 is 71.4 Å². The predicted octanol–water partition coefficient (Wildman–Crippen LogP) is 1.81. The van der Waals surface area contributed by atoms with Crippen molar-refractivity contribution in [2.24, 2.45) is 0 Å². The summed E-state index contributed by atoms with van der Waals surface area (Å²) in [6, 6.07) is 18.2. The predicted molar refractivity (Wildman–Crippen MR) is 233 cm³/mol. The van der Waals surface area contributed by atoms with Gasteiger partial charge in [-0.2, -0.15) is 0 Å². The lowest BCUT2D eigenvalue weighted by Crippen LogP contribution is -2.68. The molecule has 0 unspecified atom stereocenters. The van der Waals surface area contributed by atoms with Gasteiger partial charge >= 0.3 is 41.8 Å². The zero-order valence-electron chi connectivity index (χ0n) is 38.9. The molecule has 5 rings (SSSR count). The Bertz CT molecular complexity index is 2040. The molecule has 0 aromatic heterocycles. The van der Waals surface area contributed by atoms with Crippen LogP contribution in [-0.4, -0.2) is 158 Å². The highest BCUT2D eigenvalue weighted by atomic mass is 32.1. The molecule has 0 aliphatic carbocycles. The summed E-state index contributed by atoms with van der Waals surface area (Å²) in [5, 5.41) is 10.7. The Labute approximate surface area is 403 Å². The number of thiol groups is 1. The highest BCUT2D eigenvalue weighted by Gasteiger charge is 2.59. The minimum Gasteiger partial charge on any atom is -0.463 e. The van der Waals surface area contributed by atoms with E-state index in [1.807, 2.05) is 48.5 Å². The summed E-state index contributed by atoms with van der Waals surface area (Å²) in [7, 11) is 0. The minimum atomic E-state index is -1.90. The van der Waals surface area contributed by atoms with Gasteiger partial charge in [0.05, 0.1) is 19.8 Å². The lowest BCUT2D eigenvalue weighted by Gasteiger charge is -2.50. The van der Waals surface area contributed by atoms with E-state index in [-0.39, 0.29) is 13.2 Å². The average molecular weight is 995 g/mol. The van der Waals surface area contributed by atoms with Gasteiger partial charge in [-0.25, -0.2) is 0 Å². The highest BCUT2D eigenvalue weighted by Crippen LogP contribution is 2.38. The Morgan fingerprint density at radius 3 is 1.25 bits per heavy atom. The number of benzene rings is 2. The molecule has 0 radical (unpaired) electrons. The van der Waals surface area contributed by atoms with Crippen LogP contribution in [0.4, 0.5) is 0 Å². The zero-order valence-corrected chi connectivity index (χ0v) is 39.8. The van der Waals surface area contributed by atoms with Crippen molar-refractivity contribution >= 4 is 54.4 Å². The van der Waals surface area contributed by atoms with E-state index in [4.69, 9.17) is 66.3 Å². The number of esters is 7. The number of hydrogen-bond donors (Lipinski definition) is 2. The summed E-state index contributed by atoms with van der Waals surface area (Å²) < 4.78 is 83.9. The fraction of sp³-hybridized carbons (Fsp3) is 0.587. The SMILES string of the molecule is CC(=O)OC[C@H]1O[C@H](O[C@H]2[C@H](OC(C)=O)[C@@H](OC(C)=O)[C@H](O[C@@H]3[C@@H](OCc4ccccc4)[C@@H](S)O[C@H](CO)[C@H]3OCc3ccccc3)O[C@@H]2COC(C)=O)[C@H](OC(C)=O)[C@@H](OC(C)=O)[C@@H]1OC(C)=O. The van der Waals surface area contributed by atoms with E-state index in [2.05, 4.69) is 12.6 Å². The van der Waals surface area contributed by atoms with Gasteiger partial charge in [-0.1, -0.05) is 60.7 Å². The molecule has 23 heteroatoms. The fourth-order valence-electron chi connectivity index (χ4n) is 7.85. The molecule has 3 aliphatic heterocycles. The van der Waals surface area contributed by atoms with E-state index in [0.717, 1.165) is 59.6 Å². The lowest BCUT2D eigenvalue weighted by molar-refractivity contribution is -0.374. The highest BCUT2D eigenvalue weighted by molar-refractivity contribution is 7.80. The second-order valence-electron chi connectivity index (χ2n) is 16.0. The summed E-state index contributed by atoms with van der Waals surface area (Å²) in [4.78, 5) is 88.4. The second-order valence-corrected chi connectivity index (χ2v) is 16.5. The molecule has 0 bridgehead atoms. The van der Waals surface area contributed by atoms with Crippen molar-refractivity contribution in [1.29, 1.82) is 0 Å². The smallest absolute Gasteiger partial charge is 0.303 e. The summed E-state index contributed by atoms with van der Waals surface area (Å²) in [5.74, 6) is -6.24. The molecule has 3 fully saturated rings. The molecule has 1 N–H and O–H groups in total. The van der Waals surface area contributed by atoms with Crippen molar-refractivity contribution in [2.75, 3.05) is 19.8 Å². The summed E-state index contributed by atoms with van der Waals surface area (Å²) in [5.41, 5.74) is 0.420. The van der Waals surface area contributed by atoms with Crippen LogP contribution in [0.3, 0.4) is 0 Å². The van der Waals surface area contributed by atoms with Gasteiger partial charge in [0, 0.05) is 48.5 Å². The number of aliphatic hydroxyl groups is 1. The van der Waals surface area contributed by atoms with Gasteiger partial charge in [0.2, 0.25) is 0 Å². The number of ether oxygens (including phenoxy) is 14. The number of hydrogen-bond acceptors (Lipinski definition) is 23. The van der Waals surface area contributed by atoms with Gasteiger partial charge in [0.1, 0.15) is 61.4 Å². The van der Waals surface area contributed by atoms with Crippen LogP contribution in [0.15, 0.2) is 60.7 Å². The molecule has 0 spiro atoms. The maximum Gasteiger partial charge on any atom is 0.303 e. The van der Waals surface area contributed by atoms with E-state index < -0.39 is 153 Å². The second kappa shape index (κ2) is 26.1. The number of rotatable bonds is 20. The van der Waals surface area contributed by atoms with Gasteiger partial charge in [0.15, 0.2) is 43.1 Å². The quantitative estimate of drug-likeness (QED) is 0.109. The molecular formula is C46H58O22S. The molecule has 2 aromatic rings. The molecule has 15 atom stereocenters. The Kier molecular flexibility index (Phi) is 20.7. The summed E-state index contributed by atoms with van der Waals surface area (Å²) in [6.45, 7) is 5.50. The first-order chi connectivity index (χ1) is 32.8. The average Bonchev–Trinajstić information content (AvgIpc) is 3.28. The van der Waals surface area contributed by atoms with Crippen molar-refractivity contribution in [1.82, 2.24) is 0 Å². The van der Waals surface area contributed by atoms with E-state index >= 15 is 0 Å². The van der Waals surface area contributed by atoms with Crippen molar-refractivity contribution in [3.8, 4) is 0 Å². The maximum absolute atomic E-state index is 13.1. The van der Waals surface area contributed by atoms with Crippen LogP contribution < -0.4 is 0 Å². The van der Waals surface area contributed by atoms with Crippen molar-refractivity contribution in [2.45, 2.75) is 153 Å². The number of aliphatic hydroxyl groups excluding tert-OH is 1. The molecule has 3 aliphatic rings. The van der Waals surface area contributed by atoms with Crippen LogP contribution in [0.2, 0.25) is 0 Å². The van der Waals surface area contributed by atoms with Crippen LogP contribution in [0.1, 0.15) is 59.6 Å². The zero-order chi connectivity index (χ0) is 50.4. The van der Waals surface area contributed by atoms with Gasteiger partial charge in [-0.15, -0.1) is 12.6 Å². The summed E-state index contributed by atoms with van der Waals surface area (Å²) >= 11 is 4.69. The molecule has 3 saturated heterocycles. The van der Waals surface area contributed by atoms with Crippen molar-refractivity contribution in [3.63, 3.8) is 0 Å². The first-order valence-corrected chi connectivity index (χ1v) is 22.4. The fourth-order valence-corrected chi connectivity index (χ4v) is 8.26. The van der Waals surface area contributed by atoms with Crippen LogP contribution >= 0.6 is 12.6 Å². The van der Waals surface area contributed by atoms with Crippen LogP contribution in [0.25, 0.3) is 0 Å². The Morgan fingerprint density at radius 2 is 0.826 bits per heavy atom. The van der Waals surface area contributed by atoms with E-state index in [9.17, 15) is 38.7 Å². The standard InChI is InChI=1S/C46H58O22S/c1-23(48)55-21-33-36(59-25(3)50)39(60-26(4)51)41(62-28(6)53)44(64-33)67-37-34(22-56-24(2)49)65-45(42(63-29(7)54)40(37)61-27(5)52)68-38-35(57-19-30-14-10-8-11-15-30)32(18-47)66-46(69)43(38)58-20-31-16-12-9-13-17-31/h8-17,32-47,69H,18-22H2,1-7H3/t32-,33-,34-,35-,36-,37-,38+,39+,40+,41-,42-,43-,44-,45+,46-/m1/s1. The monoisotopic (exact) mass is 994 g/mol. The summed E-state index contributed by atoms with van der Waals surface area (Å²) in [6.07, 6.45) is -21.7. The minimum absolute atomic E-state index is 0.0101. The Morgan fingerprint density at radius 1 is 0.449 bits per heavy atom. The Hall–Kier alpha value is -5.24. The Balaban J connectivity index is 1.62. The third kappa shape index (κ3) is 15.9. The maximum atomic E-state index is 13.1. The molecule has 22 nitrogen and oxygen atoms in total. The van der Waals surface area contributed by atoms with E-state index in [0.29, 0.717) is 0 Å². The molecule has 0 saturated carbocycles. The van der Waals surface area contributed by atoms with Crippen LogP contribution in [0.5, 0.6) is 0 Å². The van der Waals surface area contributed by atoms with Crippen molar-refractivity contribution < 1.29 is 105 Å². The molecule has 69 heavy (non-hydrogen) atoms. The third-order valence-corrected chi connectivity index (χ3v) is 11.0. The van der Waals surface area contributed by atoms with Crippen LogP contribution in [-0.2, 0) is 113 Å². The van der Waals surface area contributed by atoms with E-state index in [1.54, 1.807) is 12.1 Å². The third-order valence-electron chi connectivity index (χ3n) is 10.5. The largest absolute Gasteiger partial charge is 0.463 e. The van der Waals surface area contributed by atoms with Gasteiger partial charge in [-0.3, -0.25) is 33.6 Å². The number of carbonyl (C=O) groups excluding carboxylic acids is 7. The van der Waals surface area contributed by atoms with Gasteiger partial charge in [-0.05, 0) is 11.1 Å². The molecule has 3 heterocycles. The first-order valence-electron chi connectivity index (χ1n) is 21.8.